The van der Waals surface area contributed by atoms with Crippen molar-refractivity contribution < 1.29 is 9.59 Å². The lowest BCUT2D eigenvalue weighted by molar-refractivity contribution is -0.119. The molecule has 0 aromatic heterocycles. The van der Waals surface area contributed by atoms with Gasteiger partial charge in [0.25, 0.3) is 0 Å². The van der Waals surface area contributed by atoms with E-state index >= 15 is 0 Å². The van der Waals surface area contributed by atoms with Crippen molar-refractivity contribution in [1.82, 2.24) is 0 Å². The summed E-state index contributed by atoms with van der Waals surface area (Å²) in [6.07, 6.45) is 1.23. The molecule has 0 bridgehead atoms. The number of rotatable bonds is 0. The number of ketones is 2. The molecule has 0 saturated carbocycles. The molecule has 0 aliphatic heterocycles. The van der Waals surface area contributed by atoms with Crippen LogP contribution in [0.1, 0.15) is 13.8 Å². The summed E-state index contributed by atoms with van der Waals surface area (Å²) in [5, 5.41) is 7.21. The predicted octanol–water partition coefficient (Wildman–Crippen LogP) is 0.740. The van der Waals surface area contributed by atoms with Gasteiger partial charge >= 0.3 is 0 Å². The standard InChI is InChI=1S/C8H9NO2/c1-4-3-6(10)7(9)5(2)8(4)11/h3,5,9H,1-2H3. The van der Waals surface area contributed by atoms with Crippen LogP contribution in [0.25, 0.3) is 0 Å². The molecular formula is C8H9NO2. The van der Waals surface area contributed by atoms with E-state index in [1.54, 1.807) is 13.8 Å². The molecule has 1 N–H and O–H groups in total. The van der Waals surface area contributed by atoms with Crippen LogP contribution in [0, 0.1) is 11.3 Å². The molecule has 0 aromatic carbocycles. The summed E-state index contributed by atoms with van der Waals surface area (Å²) in [6.45, 7) is 3.18. The zero-order chi connectivity index (χ0) is 8.59. The smallest absolute Gasteiger partial charge is 0.200 e. The van der Waals surface area contributed by atoms with E-state index in [1.807, 2.05) is 0 Å². The van der Waals surface area contributed by atoms with Crippen molar-refractivity contribution in [3.8, 4) is 0 Å². The number of carbonyl (C=O) groups excluding carboxylic acids is 2. The van der Waals surface area contributed by atoms with E-state index < -0.39 is 5.92 Å². The Balaban J connectivity index is 3.11. The summed E-state index contributed by atoms with van der Waals surface area (Å²) in [6, 6.07) is 0. The fourth-order valence-corrected chi connectivity index (χ4v) is 1.03. The lowest BCUT2D eigenvalue weighted by atomic mass is 9.87. The second kappa shape index (κ2) is 2.42. The van der Waals surface area contributed by atoms with Crippen molar-refractivity contribution in [3.63, 3.8) is 0 Å². The first-order valence-electron chi connectivity index (χ1n) is 3.39. The van der Waals surface area contributed by atoms with Crippen LogP contribution in [0.15, 0.2) is 11.6 Å². The van der Waals surface area contributed by atoms with Crippen LogP contribution in [0.4, 0.5) is 0 Å². The lowest BCUT2D eigenvalue weighted by Gasteiger charge is -2.14. The highest BCUT2D eigenvalue weighted by Crippen LogP contribution is 2.14. The van der Waals surface area contributed by atoms with Gasteiger partial charge in [0.2, 0.25) is 0 Å². The molecule has 1 unspecified atom stereocenters. The van der Waals surface area contributed by atoms with Crippen LogP contribution in [0.2, 0.25) is 0 Å². The Hall–Kier alpha value is -1.25. The number of carbonyl (C=O) groups is 2. The topological polar surface area (TPSA) is 58.0 Å². The maximum atomic E-state index is 11.1. The first-order valence-corrected chi connectivity index (χ1v) is 3.39. The molecule has 3 heteroatoms. The van der Waals surface area contributed by atoms with Gasteiger partial charge in [-0.2, -0.15) is 0 Å². The molecule has 0 saturated heterocycles. The summed E-state index contributed by atoms with van der Waals surface area (Å²) in [7, 11) is 0. The molecule has 3 nitrogen and oxygen atoms in total. The molecule has 1 rings (SSSR count). The van der Waals surface area contributed by atoms with Gasteiger partial charge in [-0.05, 0) is 25.5 Å². The largest absolute Gasteiger partial charge is 0.300 e. The highest BCUT2D eigenvalue weighted by atomic mass is 16.1. The van der Waals surface area contributed by atoms with Crippen molar-refractivity contribution in [2.24, 2.45) is 5.92 Å². The quantitative estimate of drug-likeness (QED) is 0.555. The van der Waals surface area contributed by atoms with E-state index in [-0.39, 0.29) is 17.3 Å². The Morgan fingerprint density at radius 3 is 2.55 bits per heavy atom. The van der Waals surface area contributed by atoms with Gasteiger partial charge in [-0.3, -0.25) is 9.59 Å². The van der Waals surface area contributed by atoms with Crippen LogP contribution < -0.4 is 0 Å². The van der Waals surface area contributed by atoms with Crippen molar-refractivity contribution >= 4 is 17.3 Å². The summed E-state index contributed by atoms with van der Waals surface area (Å²) in [5.74, 6) is -1.00. The third-order valence-electron chi connectivity index (χ3n) is 1.83. The minimum Gasteiger partial charge on any atom is -0.300 e. The average molecular weight is 151 g/mol. The highest BCUT2D eigenvalue weighted by molar-refractivity contribution is 6.50. The summed E-state index contributed by atoms with van der Waals surface area (Å²) in [4.78, 5) is 22.0. The third kappa shape index (κ3) is 1.13. The second-order valence-electron chi connectivity index (χ2n) is 2.69. The first-order chi connectivity index (χ1) is 5.04. The molecule has 0 aromatic rings. The summed E-state index contributed by atoms with van der Waals surface area (Å²) in [5.41, 5.74) is 0.360. The van der Waals surface area contributed by atoms with Crippen LogP contribution >= 0.6 is 0 Å². The van der Waals surface area contributed by atoms with Crippen LogP contribution in [-0.4, -0.2) is 17.3 Å². The monoisotopic (exact) mass is 151 g/mol. The van der Waals surface area contributed by atoms with Crippen LogP contribution in [0.5, 0.6) is 0 Å². The van der Waals surface area contributed by atoms with Gasteiger partial charge in [0.05, 0.1) is 11.6 Å². The Morgan fingerprint density at radius 1 is 1.45 bits per heavy atom. The number of hydrogen-bond acceptors (Lipinski definition) is 3. The molecule has 11 heavy (non-hydrogen) atoms. The Morgan fingerprint density at radius 2 is 2.00 bits per heavy atom. The van der Waals surface area contributed by atoms with Gasteiger partial charge in [-0.25, -0.2) is 0 Å². The van der Waals surface area contributed by atoms with E-state index in [0.717, 1.165) is 0 Å². The van der Waals surface area contributed by atoms with Crippen LogP contribution in [0.3, 0.4) is 0 Å². The van der Waals surface area contributed by atoms with E-state index in [2.05, 4.69) is 0 Å². The number of allylic oxidation sites excluding steroid dienone is 2. The van der Waals surface area contributed by atoms with E-state index in [9.17, 15) is 9.59 Å². The summed E-state index contributed by atoms with van der Waals surface area (Å²) >= 11 is 0. The first kappa shape index (κ1) is 7.85. The average Bonchev–Trinajstić information content (AvgIpc) is 1.97. The Labute approximate surface area is 64.6 Å². The van der Waals surface area contributed by atoms with Crippen LogP contribution in [-0.2, 0) is 9.59 Å². The molecule has 0 heterocycles. The summed E-state index contributed by atoms with van der Waals surface area (Å²) < 4.78 is 0. The molecule has 1 aliphatic rings. The SMILES string of the molecule is CC1=CC(=O)C(=N)C(C)C1=O. The predicted molar refractivity (Wildman–Crippen MR) is 40.7 cm³/mol. The fraction of sp³-hybridized carbons (Fsp3) is 0.375. The zero-order valence-corrected chi connectivity index (χ0v) is 6.47. The van der Waals surface area contributed by atoms with Gasteiger partial charge in [0.1, 0.15) is 0 Å². The number of nitrogens with one attached hydrogen (secondary N) is 1. The molecule has 1 aliphatic carbocycles. The molecule has 0 amide bonds. The molecular weight excluding hydrogens is 142 g/mol. The number of Topliss-reactive ketones (excluding diaryl/α,β-unsaturated/α-hetero) is 1. The minimum absolute atomic E-state index is 0.0967. The third-order valence-corrected chi connectivity index (χ3v) is 1.83. The van der Waals surface area contributed by atoms with Crippen molar-refractivity contribution in [3.05, 3.63) is 11.6 Å². The van der Waals surface area contributed by atoms with Crippen molar-refractivity contribution in [2.75, 3.05) is 0 Å². The maximum Gasteiger partial charge on any atom is 0.200 e. The Bertz CT molecular complexity index is 276. The molecule has 0 radical (unpaired) electrons. The molecule has 0 fully saturated rings. The Kier molecular flexibility index (Phi) is 1.72. The molecule has 0 spiro atoms. The second-order valence-corrected chi connectivity index (χ2v) is 2.69. The van der Waals surface area contributed by atoms with E-state index in [1.165, 1.54) is 6.08 Å². The van der Waals surface area contributed by atoms with Gasteiger partial charge in [0, 0.05) is 0 Å². The maximum absolute atomic E-state index is 11.1. The normalized spacial score (nSPS) is 25.5. The lowest BCUT2D eigenvalue weighted by Crippen LogP contribution is -2.31. The van der Waals surface area contributed by atoms with E-state index in [0.29, 0.717) is 5.57 Å². The van der Waals surface area contributed by atoms with Gasteiger partial charge in [-0.1, -0.05) is 0 Å². The fourth-order valence-electron chi connectivity index (χ4n) is 1.03. The zero-order valence-electron chi connectivity index (χ0n) is 6.47. The van der Waals surface area contributed by atoms with Crippen molar-refractivity contribution in [1.29, 1.82) is 5.41 Å². The minimum atomic E-state index is -0.549. The molecule has 1 atom stereocenters. The van der Waals surface area contributed by atoms with Gasteiger partial charge in [0.15, 0.2) is 11.6 Å². The van der Waals surface area contributed by atoms with E-state index in [4.69, 9.17) is 5.41 Å². The van der Waals surface area contributed by atoms with Gasteiger partial charge < -0.3 is 5.41 Å². The molecule has 58 valence electrons. The van der Waals surface area contributed by atoms with Crippen molar-refractivity contribution in [2.45, 2.75) is 13.8 Å². The number of hydrogen-bond donors (Lipinski definition) is 1. The van der Waals surface area contributed by atoms with Gasteiger partial charge in [-0.15, -0.1) is 0 Å². The highest BCUT2D eigenvalue weighted by Gasteiger charge is 2.28.